The summed E-state index contributed by atoms with van der Waals surface area (Å²) in [5, 5.41) is 3.14. The summed E-state index contributed by atoms with van der Waals surface area (Å²) < 4.78 is 5.31. The van der Waals surface area contributed by atoms with Gasteiger partial charge in [-0.1, -0.05) is 36.4 Å². The minimum Gasteiger partial charge on any atom is -0.497 e. The number of rotatable bonds is 8. The van der Waals surface area contributed by atoms with Gasteiger partial charge in [-0.15, -0.1) is 0 Å². The fraction of sp³-hybridized carbons (Fsp3) is 0.435. The maximum atomic E-state index is 12.4. The first-order valence-electron chi connectivity index (χ1n) is 10.1. The van der Waals surface area contributed by atoms with Gasteiger partial charge in [0.2, 0.25) is 5.91 Å². The summed E-state index contributed by atoms with van der Waals surface area (Å²) in [4.78, 5) is 17.0. The zero-order valence-electron chi connectivity index (χ0n) is 16.9. The number of benzene rings is 2. The number of carbonyl (C=O) groups excluding carboxylic acids is 1. The zero-order chi connectivity index (χ0) is 19.8. The number of piperazine rings is 1. The molecule has 1 atom stereocenters. The summed E-state index contributed by atoms with van der Waals surface area (Å²) >= 11 is 0. The van der Waals surface area contributed by atoms with Crippen LogP contribution in [0.2, 0.25) is 0 Å². The van der Waals surface area contributed by atoms with Crippen LogP contribution in [0.5, 0.6) is 5.75 Å². The van der Waals surface area contributed by atoms with Crippen LogP contribution in [0.15, 0.2) is 54.6 Å². The summed E-state index contributed by atoms with van der Waals surface area (Å²) in [5.41, 5.74) is 2.50. The summed E-state index contributed by atoms with van der Waals surface area (Å²) in [7, 11) is 1.69. The molecule has 1 saturated heterocycles. The van der Waals surface area contributed by atoms with Gasteiger partial charge in [-0.25, -0.2) is 0 Å². The van der Waals surface area contributed by atoms with Gasteiger partial charge in [-0.3, -0.25) is 9.69 Å². The fourth-order valence-electron chi connectivity index (χ4n) is 3.59. The van der Waals surface area contributed by atoms with Gasteiger partial charge in [0.15, 0.2) is 0 Å². The van der Waals surface area contributed by atoms with Gasteiger partial charge in [0.25, 0.3) is 0 Å². The quantitative estimate of drug-likeness (QED) is 0.764. The van der Waals surface area contributed by atoms with E-state index in [1.807, 2.05) is 18.2 Å². The molecule has 1 N–H and O–H groups in total. The average molecular weight is 382 g/mol. The van der Waals surface area contributed by atoms with Crippen LogP contribution in [0.3, 0.4) is 0 Å². The summed E-state index contributed by atoms with van der Waals surface area (Å²) in [6, 6.07) is 18.8. The van der Waals surface area contributed by atoms with Gasteiger partial charge in [0.05, 0.1) is 13.7 Å². The van der Waals surface area contributed by atoms with Crippen molar-refractivity contribution in [2.75, 3.05) is 44.7 Å². The normalized spacial score (nSPS) is 15.9. The SMILES string of the molecule is COc1cccc(N2CCN(CC(=O)N[C@H](C)CCc3ccccc3)CC2)c1. The fourth-order valence-corrected chi connectivity index (χ4v) is 3.59. The van der Waals surface area contributed by atoms with Gasteiger partial charge >= 0.3 is 0 Å². The highest BCUT2D eigenvalue weighted by Crippen LogP contribution is 2.22. The average Bonchev–Trinajstić information content (AvgIpc) is 2.73. The smallest absolute Gasteiger partial charge is 0.234 e. The Kier molecular flexibility index (Phi) is 7.31. The molecule has 150 valence electrons. The van der Waals surface area contributed by atoms with Crippen molar-refractivity contribution in [3.8, 4) is 5.75 Å². The van der Waals surface area contributed by atoms with Crippen molar-refractivity contribution in [3.05, 3.63) is 60.2 Å². The number of hydrogen-bond acceptors (Lipinski definition) is 4. The Morgan fingerprint density at radius 2 is 1.82 bits per heavy atom. The van der Waals surface area contributed by atoms with E-state index in [0.717, 1.165) is 44.8 Å². The molecule has 0 aromatic heterocycles. The second-order valence-electron chi connectivity index (χ2n) is 7.46. The van der Waals surface area contributed by atoms with Crippen LogP contribution in [0.1, 0.15) is 18.9 Å². The molecule has 1 fully saturated rings. The van der Waals surface area contributed by atoms with Crippen LogP contribution in [-0.4, -0.2) is 56.7 Å². The molecule has 0 radical (unpaired) electrons. The first-order valence-corrected chi connectivity index (χ1v) is 10.1. The van der Waals surface area contributed by atoms with Crippen molar-refractivity contribution in [2.45, 2.75) is 25.8 Å². The second kappa shape index (κ2) is 10.1. The molecule has 0 aliphatic carbocycles. The third-order valence-electron chi connectivity index (χ3n) is 5.27. The molecule has 3 rings (SSSR count). The van der Waals surface area contributed by atoms with E-state index in [9.17, 15) is 4.79 Å². The lowest BCUT2D eigenvalue weighted by molar-refractivity contribution is -0.122. The van der Waals surface area contributed by atoms with Gasteiger partial charge in [-0.05, 0) is 37.5 Å². The zero-order valence-corrected chi connectivity index (χ0v) is 16.9. The van der Waals surface area contributed by atoms with Crippen molar-refractivity contribution in [3.63, 3.8) is 0 Å². The second-order valence-corrected chi connectivity index (χ2v) is 7.46. The van der Waals surface area contributed by atoms with Crippen LogP contribution in [-0.2, 0) is 11.2 Å². The summed E-state index contributed by atoms with van der Waals surface area (Å²) in [5.74, 6) is 0.999. The van der Waals surface area contributed by atoms with E-state index in [1.54, 1.807) is 7.11 Å². The van der Waals surface area contributed by atoms with Gasteiger partial charge in [0.1, 0.15) is 5.75 Å². The first-order chi connectivity index (χ1) is 13.6. The van der Waals surface area contributed by atoms with Crippen molar-refractivity contribution in [1.29, 1.82) is 0 Å². The highest BCUT2D eigenvalue weighted by atomic mass is 16.5. The number of anilines is 1. The summed E-state index contributed by atoms with van der Waals surface area (Å²) in [6.07, 6.45) is 1.95. The lowest BCUT2D eigenvalue weighted by atomic mass is 10.1. The Morgan fingerprint density at radius 1 is 1.07 bits per heavy atom. The largest absolute Gasteiger partial charge is 0.497 e. The van der Waals surface area contributed by atoms with Gasteiger partial charge in [-0.2, -0.15) is 0 Å². The van der Waals surface area contributed by atoms with Crippen LogP contribution in [0.4, 0.5) is 5.69 Å². The maximum Gasteiger partial charge on any atom is 0.234 e. The Morgan fingerprint density at radius 3 is 2.54 bits per heavy atom. The molecule has 2 aromatic rings. The molecular formula is C23H31N3O2. The maximum absolute atomic E-state index is 12.4. The highest BCUT2D eigenvalue weighted by molar-refractivity contribution is 5.78. The van der Waals surface area contributed by atoms with E-state index in [4.69, 9.17) is 4.74 Å². The standard InChI is InChI=1S/C23H31N3O2/c1-19(11-12-20-7-4-3-5-8-20)24-23(27)18-25-13-15-26(16-14-25)21-9-6-10-22(17-21)28-2/h3-10,17,19H,11-16,18H2,1-2H3,(H,24,27)/t19-/m1/s1. The van der Waals surface area contributed by atoms with Crippen LogP contribution in [0, 0.1) is 0 Å². The number of amides is 1. The molecule has 0 unspecified atom stereocenters. The van der Waals surface area contributed by atoms with E-state index in [0.29, 0.717) is 6.54 Å². The molecule has 1 amide bonds. The lowest BCUT2D eigenvalue weighted by Gasteiger charge is -2.36. The number of methoxy groups -OCH3 is 1. The topological polar surface area (TPSA) is 44.8 Å². The monoisotopic (exact) mass is 381 g/mol. The highest BCUT2D eigenvalue weighted by Gasteiger charge is 2.20. The predicted molar refractivity (Wildman–Crippen MR) is 114 cm³/mol. The third kappa shape index (κ3) is 5.99. The Bertz CT molecular complexity index is 743. The van der Waals surface area contributed by atoms with E-state index >= 15 is 0 Å². The minimum atomic E-state index is 0.121. The minimum absolute atomic E-state index is 0.121. The molecular weight excluding hydrogens is 350 g/mol. The number of carbonyl (C=O) groups is 1. The van der Waals surface area contributed by atoms with E-state index < -0.39 is 0 Å². The number of aryl methyl sites for hydroxylation is 1. The van der Waals surface area contributed by atoms with Crippen LogP contribution >= 0.6 is 0 Å². The number of nitrogens with one attached hydrogen (secondary N) is 1. The van der Waals surface area contributed by atoms with E-state index in [2.05, 4.69) is 58.4 Å². The van der Waals surface area contributed by atoms with Gasteiger partial charge < -0.3 is 15.0 Å². The van der Waals surface area contributed by atoms with Crippen molar-refractivity contribution in [2.24, 2.45) is 0 Å². The molecule has 5 nitrogen and oxygen atoms in total. The number of ether oxygens (including phenoxy) is 1. The molecule has 2 aromatic carbocycles. The van der Waals surface area contributed by atoms with Crippen molar-refractivity contribution >= 4 is 11.6 Å². The van der Waals surface area contributed by atoms with E-state index in [-0.39, 0.29) is 11.9 Å². The Hall–Kier alpha value is -2.53. The van der Waals surface area contributed by atoms with Crippen LogP contribution < -0.4 is 15.0 Å². The van der Waals surface area contributed by atoms with Crippen LogP contribution in [0.25, 0.3) is 0 Å². The molecule has 1 aliphatic heterocycles. The van der Waals surface area contributed by atoms with Crippen molar-refractivity contribution in [1.82, 2.24) is 10.2 Å². The number of nitrogens with zero attached hydrogens (tertiary/aromatic N) is 2. The van der Waals surface area contributed by atoms with E-state index in [1.165, 1.54) is 11.3 Å². The molecule has 5 heteroatoms. The Balaban J connectivity index is 1.38. The molecule has 1 aliphatic rings. The Labute approximate surface area is 168 Å². The molecule has 0 saturated carbocycles. The molecule has 1 heterocycles. The molecule has 0 spiro atoms. The van der Waals surface area contributed by atoms with Crippen molar-refractivity contribution < 1.29 is 9.53 Å². The predicted octanol–water partition coefficient (Wildman–Crippen LogP) is 2.95. The summed E-state index contributed by atoms with van der Waals surface area (Å²) in [6.45, 7) is 6.18. The van der Waals surface area contributed by atoms with Gasteiger partial charge in [0, 0.05) is 44.0 Å². The molecule has 0 bridgehead atoms. The molecule has 28 heavy (non-hydrogen) atoms. The number of hydrogen-bond donors (Lipinski definition) is 1. The first kappa shape index (κ1) is 20.2. The third-order valence-corrected chi connectivity index (χ3v) is 5.27. The lowest BCUT2D eigenvalue weighted by Crippen LogP contribution is -2.50.